The van der Waals surface area contributed by atoms with Crippen molar-refractivity contribution >= 4 is 11.8 Å². The van der Waals surface area contributed by atoms with E-state index in [1.165, 1.54) is 5.56 Å². The van der Waals surface area contributed by atoms with Crippen molar-refractivity contribution in [2.45, 2.75) is 44.2 Å². The molecule has 0 amide bonds. The highest BCUT2D eigenvalue weighted by Crippen LogP contribution is 2.43. The molecule has 2 aromatic heterocycles. The molecule has 4 atom stereocenters. The summed E-state index contributed by atoms with van der Waals surface area (Å²) < 4.78 is 1.92. The van der Waals surface area contributed by atoms with Gasteiger partial charge in [-0.15, -0.1) is 0 Å². The monoisotopic (exact) mass is 340 g/mol. The summed E-state index contributed by atoms with van der Waals surface area (Å²) in [5.74, 6) is 2.50. The molecule has 0 radical (unpaired) electrons. The van der Waals surface area contributed by atoms with E-state index < -0.39 is 0 Å². The Labute approximate surface area is 146 Å². The average molecular weight is 340 g/mol. The van der Waals surface area contributed by atoms with E-state index in [1.54, 1.807) is 6.20 Å². The second-order valence-electron chi connectivity index (χ2n) is 7.70. The van der Waals surface area contributed by atoms with E-state index in [4.69, 9.17) is 5.73 Å². The number of nitrogen functional groups attached to an aromatic ring is 1. The minimum Gasteiger partial charge on any atom is -0.391 e. The first kappa shape index (κ1) is 15.1. The topological polar surface area (TPSA) is 93.1 Å². The molecule has 0 spiro atoms. The highest BCUT2D eigenvalue weighted by molar-refractivity contribution is 5.54. The van der Waals surface area contributed by atoms with Crippen LogP contribution in [0.3, 0.4) is 0 Å². The maximum Gasteiger partial charge on any atom is 0.222 e. The molecule has 0 bridgehead atoms. The lowest BCUT2D eigenvalue weighted by Gasteiger charge is -2.35. The fourth-order valence-electron chi connectivity index (χ4n) is 5.03. The lowest BCUT2D eigenvalue weighted by Crippen LogP contribution is -2.36. The molecule has 2 aliphatic carbocycles. The van der Waals surface area contributed by atoms with Gasteiger partial charge in [0.15, 0.2) is 0 Å². The van der Waals surface area contributed by atoms with E-state index in [-0.39, 0.29) is 12.1 Å². The van der Waals surface area contributed by atoms with Crippen LogP contribution in [0.1, 0.15) is 36.6 Å². The third-order valence-corrected chi connectivity index (χ3v) is 6.20. The van der Waals surface area contributed by atoms with Gasteiger partial charge in [-0.25, -0.2) is 4.98 Å². The molecule has 132 valence electrons. The van der Waals surface area contributed by atoms with Gasteiger partial charge < -0.3 is 15.7 Å². The summed E-state index contributed by atoms with van der Waals surface area (Å²) in [6, 6.07) is 2.00. The van der Waals surface area contributed by atoms with Crippen LogP contribution < -0.4 is 10.6 Å². The molecule has 3 heterocycles. The van der Waals surface area contributed by atoms with Crippen molar-refractivity contribution in [2.24, 2.45) is 11.8 Å². The molecule has 25 heavy (non-hydrogen) atoms. The average Bonchev–Trinajstić information content (AvgIpc) is 3.32. The van der Waals surface area contributed by atoms with Crippen molar-refractivity contribution in [1.82, 2.24) is 19.7 Å². The van der Waals surface area contributed by atoms with E-state index in [2.05, 4.69) is 20.0 Å². The quantitative estimate of drug-likeness (QED) is 0.853. The Morgan fingerprint density at radius 2 is 1.96 bits per heavy atom. The number of hydrogen-bond acceptors (Lipinski definition) is 6. The van der Waals surface area contributed by atoms with E-state index in [0.29, 0.717) is 17.8 Å². The molecule has 7 heteroatoms. The summed E-state index contributed by atoms with van der Waals surface area (Å²) in [6.07, 6.45) is 8.40. The van der Waals surface area contributed by atoms with Gasteiger partial charge in [-0.05, 0) is 50.0 Å². The number of hydrogen-bond donors (Lipinski definition) is 2. The van der Waals surface area contributed by atoms with Gasteiger partial charge in [-0.1, -0.05) is 0 Å². The second-order valence-corrected chi connectivity index (χ2v) is 7.70. The van der Waals surface area contributed by atoms with Crippen LogP contribution in [0.15, 0.2) is 18.5 Å². The van der Waals surface area contributed by atoms with Gasteiger partial charge in [-0.3, -0.25) is 4.68 Å². The fourth-order valence-corrected chi connectivity index (χ4v) is 5.03. The molecule has 2 fully saturated rings. The maximum atomic E-state index is 10.6. The van der Waals surface area contributed by atoms with Crippen molar-refractivity contribution in [3.8, 4) is 0 Å². The van der Waals surface area contributed by atoms with Crippen molar-refractivity contribution in [2.75, 3.05) is 23.7 Å². The smallest absolute Gasteiger partial charge is 0.222 e. The largest absolute Gasteiger partial charge is 0.391 e. The van der Waals surface area contributed by atoms with Gasteiger partial charge >= 0.3 is 0 Å². The lowest BCUT2D eigenvalue weighted by molar-refractivity contribution is 0.0306. The van der Waals surface area contributed by atoms with Gasteiger partial charge in [0.2, 0.25) is 5.95 Å². The Kier molecular flexibility index (Phi) is 3.45. The minimum absolute atomic E-state index is 0.0809. The number of anilines is 2. The van der Waals surface area contributed by atoms with Crippen molar-refractivity contribution in [3.63, 3.8) is 0 Å². The summed E-state index contributed by atoms with van der Waals surface area (Å²) in [7, 11) is 0. The summed E-state index contributed by atoms with van der Waals surface area (Å²) in [4.78, 5) is 11.4. The van der Waals surface area contributed by atoms with E-state index in [0.717, 1.165) is 56.7 Å². The number of aliphatic hydroxyl groups excluding tert-OH is 1. The van der Waals surface area contributed by atoms with Crippen LogP contribution in [0, 0.1) is 11.8 Å². The summed E-state index contributed by atoms with van der Waals surface area (Å²) in [5.41, 5.74) is 8.37. The zero-order valence-electron chi connectivity index (χ0n) is 14.3. The zero-order chi connectivity index (χ0) is 17.0. The second kappa shape index (κ2) is 5.69. The van der Waals surface area contributed by atoms with Crippen LogP contribution in [0.25, 0.3) is 0 Å². The predicted octanol–water partition coefficient (Wildman–Crippen LogP) is 1.19. The van der Waals surface area contributed by atoms with Crippen LogP contribution >= 0.6 is 0 Å². The summed E-state index contributed by atoms with van der Waals surface area (Å²) in [5, 5.41) is 15.0. The molecule has 3 aliphatic rings. The van der Waals surface area contributed by atoms with Crippen LogP contribution in [0.4, 0.5) is 11.8 Å². The number of aryl methyl sites for hydroxylation is 1. The zero-order valence-corrected chi connectivity index (χ0v) is 14.3. The molecular weight excluding hydrogens is 316 g/mol. The van der Waals surface area contributed by atoms with Gasteiger partial charge in [0.1, 0.15) is 5.82 Å². The van der Waals surface area contributed by atoms with Gasteiger partial charge in [0, 0.05) is 31.0 Å². The number of aromatic nitrogens is 4. The van der Waals surface area contributed by atoms with Gasteiger partial charge in [-0.2, -0.15) is 10.1 Å². The summed E-state index contributed by atoms with van der Waals surface area (Å²) >= 11 is 0. The third kappa shape index (κ3) is 2.49. The third-order valence-electron chi connectivity index (χ3n) is 6.20. The maximum absolute atomic E-state index is 10.6. The van der Waals surface area contributed by atoms with Gasteiger partial charge in [0.05, 0.1) is 17.8 Å². The molecule has 1 saturated heterocycles. The summed E-state index contributed by atoms with van der Waals surface area (Å²) in [6.45, 7) is 1.94. The number of nitrogens with zero attached hydrogens (tertiary/aromatic N) is 5. The fraction of sp³-hybridized carbons (Fsp3) is 0.611. The molecule has 7 nitrogen and oxygen atoms in total. The predicted molar refractivity (Wildman–Crippen MR) is 94.2 cm³/mol. The van der Waals surface area contributed by atoms with Crippen molar-refractivity contribution in [1.29, 1.82) is 0 Å². The van der Waals surface area contributed by atoms with Crippen LogP contribution in [0.2, 0.25) is 0 Å². The normalized spacial score (nSPS) is 31.2. The number of fused-ring (bicyclic) bond motifs is 2. The van der Waals surface area contributed by atoms with E-state index in [1.807, 2.05) is 16.9 Å². The Morgan fingerprint density at radius 3 is 2.76 bits per heavy atom. The number of rotatable bonds is 2. The Hall–Kier alpha value is -2.15. The lowest BCUT2D eigenvalue weighted by atomic mass is 9.77. The molecule has 1 saturated carbocycles. The Morgan fingerprint density at radius 1 is 1.12 bits per heavy atom. The minimum atomic E-state index is -0.331. The highest BCUT2D eigenvalue weighted by atomic mass is 16.3. The first-order valence-electron chi connectivity index (χ1n) is 9.26. The van der Waals surface area contributed by atoms with E-state index >= 15 is 0 Å². The molecule has 3 N–H and O–H groups in total. The van der Waals surface area contributed by atoms with Gasteiger partial charge in [0.25, 0.3) is 0 Å². The van der Waals surface area contributed by atoms with Crippen LogP contribution in [-0.2, 0) is 12.8 Å². The number of nitrogens with two attached hydrogens (primary N) is 1. The first-order valence-corrected chi connectivity index (χ1v) is 9.26. The van der Waals surface area contributed by atoms with Crippen molar-refractivity contribution in [3.05, 3.63) is 29.7 Å². The SMILES string of the molecule is Nc1nc2c(c(N3C[C@H]4C[C@@H](n5cccn5)[C@H](O)C[C@H]4C3)n1)CCC2. The Balaban J connectivity index is 1.40. The molecule has 0 unspecified atom stereocenters. The van der Waals surface area contributed by atoms with Crippen LogP contribution in [-0.4, -0.2) is 44.0 Å². The number of aliphatic hydroxyl groups is 1. The Bertz CT molecular complexity index is 776. The first-order chi connectivity index (χ1) is 12.2. The molecular formula is C18H24N6O. The van der Waals surface area contributed by atoms with Crippen molar-refractivity contribution < 1.29 is 5.11 Å². The molecule has 5 rings (SSSR count). The molecule has 2 aromatic rings. The van der Waals surface area contributed by atoms with Crippen LogP contribution in [0.5, 0.6) is 0 Å². The molecule has 1 aliphatic heterocycles. The van der Waals surface area contributed by atoms with E-state index in [9.17, 15) is 5.11 Å². The molecule has 0 aromatic carbocycles. The highest BCUT2D eigenvalue weighted by Gasteiger charge is 2.43. The standard InChI is InChI=1S/C18H24N6O/c19-18-21-14-4-1-3-13(14)17(22-18)23-9-11-7-15(24-6-2-5-20-24)16(25)8-12(11)10-23/h2,5-6,11-12,15-16,25H,1,3-4,7-10H2,(H2,19,21,22)/t11-,12+,15-,16-/m1/s1.